The third kappa shape index (κ3) is 4.24. The Labute approximate surface area is 106 Å². The van der Waals surface area contributed by atoms with Crippen molar-refractivity contribution in [3.8, 4) is 0 Å². The van der Waals surface area contributed by atoms with Gasteiger partial charge in [-0.15, -0.1) is 0 Å². The molecule has 0 aliphatic heterocycles. The molecule has 1 aromatic heterocycles. The van der Waals surface area contributed by atoms with Gasteiger partial charge in [0.1, 0.15) is 23.7 Å². The summed E-state index contributed by atoms with van der Waals surface area (Å²) >= 11 is 0. The van der Waals surface area contributed by atoms with E-state index >= 15 is 0 Å². The van der Waals surface area contributed by atoms with Gasteiger partial charge in [0.25, 0.3) is 5.91 Å². The molecule has 100 valence electrons. The zero-order valence-electron chi connectivity index (χ0n) is 11.4. The lowest BCUT2D eigenvalue weighted by atomic mass is 10.2. The van der Waals surface area contributed by atoms with Crippen LogP contribution in [-0.2, 0) is 9.53 Å². The Morgan fingerprint density at radius 1 is 1.39 bits per heavy atom. The Balaban J connectivity index is 2.57. The summed E-state index contributed by atoms with van der Waals surface area (Å²) in [4.78, 5) is 23.4. The average molecular weight is 253 g/mol. The molecule has 0 aliphatic carbocycles. The number of furan rings is 1. The molecule has 0 aromatic carbocycles. The quantitative estimate of drug-likeness (QED) is 0.837. The molecule has 5 nitrogen and oxygen atoms in total. The number of aryl methyl sites for hydroxylation is 1. The highest BCUT2D eigenvalue weighted by atomic mass is 16.6. The molecule has 1 atom stereocenters. The summed E-state index contributed by atoms with van der Waals surface area (Å²) in [5.74, 6) is -0.175. The van der Waals surface area contributed by atoms with Crippen molar-refractivity contribution < 1.29 is 18.7 Å². The number of rotatable bonds is 3. The summed E-state index contributed by atoms with van der Waals surface area (Å²) in [6.07, 6.45) is 1.35. The molecule has 1 aromatic rings. The van der Waals surface area contributed by atoms with Gasteiger partial charge in [-0.1, -0.05) is 0 Å². The molecule has 1 amide bonds. The molecule has 0 unspecified atom stereocenters. The minimum Gasteiger partial charge on any atom is -0.469 e. The molecule has 0 spiro atoms. The average Bonchev–Trinajstić information content (AvgIpc) is 2.62. The predicted molar refractivity (Wildman–Crippen MR) is 66.2 cm³/mol. The van der Waals surface area contributed by atoms with Crippen LogP contribution in [0.4, 0.5) is 0 Å². The molecule has 5 heteroatoms. The van der Waals surface area contributed by atoms with Gasteiger partial charge in [0.2, 0.25) is 0 Å². The van der Waals surface area contributed by atoms with Crippen LogP contribution in [0.1, 0.15) is 43.8 Å². The lowest BCUT2D eigenvalue weighted by Gasteiger charge is -2.22. The maximum absolute atomic E-state index is 11.8. The molecular formula is C13H19NO4. The number of carbonyl (C=O) groups is 2. The first-order valence-corrected chi connectivity index (χ1v) is 5.78. The number of hydrogen-bond acceptors (Lipinski definition) is 4. The Bertz CT molecular complexity index is 442. The van der Waals surface area contributed by atoms with Crippen molar-refractivity contribution in [1.29, 1.82) is 0 Å². The van der Waals surface area contributed by atoms with E-state index < -0.39 is 17.6 Å². The zero-order valence-corrected chi connectivity index (χ0v) is 11.4. The van der Waals surface area contributed by atoms with Crippen molar-refractivity contribution in [2.45, 2.75) is 46.3 Å². The number of carbonyl (C=O) groups excluding carboxylic acids is 2. The van der Waals surface area contributed by atoms with Crippen LogP contribution in [0.3, 0.4) is 0 Å². The lowest BCUT2D eigenvalue weighted by Crippen LogP contribution is -2.42. The summed E-state index contributed by atoms with van der Waals surface area (Å²) in [6, 6.07) is 0.906. The van der Waals surface area contributed by atoms with E-state index in [2.05, 4.69) is 5.32 Å². The van der Waals surface area contributed by atoms with Gasteiger partial charge in [0.15, 0.2) is 0 Å². The summed E-state index contributed by atoms with van der Waals surface area (Å²) in [6.45, 7) is 8.66. The Kier molecular flexibility index (Phi) is 4.16. The maximum Gasteiger partial charge on any atom is 0.328 e. The van der Waals surface area contributed by atoms with Crippen LogP contribution in [0.15, 0.2) is 16.7 Å². The molecule has 1 heterocycles. The molecule has 1 N–H and O–H groups in total. The molecular weight excluding hydrogens is 234 g/mol. The second kappa shape index (κ2) is 5.25. The van der Waals surface area contributed by atoms with E-state index in [4.69, 9.17) is 9.15 Å². The highest BCUT2D eigenvalue weighted by Gasteiger charge is 2.23. The largest absolute Gasteiger partial charge is 0.469 e. The third-order valence-electron chi connectivity index (χ3n) is 2.10. The number of hydrogen-bond donors (Lipinski definition) is 1. The fourth-order valence-corrected chi connectivity index (χ4v) is 1.29. The third-order valence-corrected chi connectivity index (χ3v) is 2.10. The van der Waals surface area contributed by atoms with Crippen molar-refractivity contribution in [1.82, 2.24) is 5.32 Å². The molecule has 18 heavy (non-hydrogen) atoms. The zero-order chi connectivity index (χ0) is 13.9. The van der Waals surface area contributed by atoms with E-state index in [9.17, 15) is 9.59 Å². The van der Waals surface area contributed by atoms with Crippen molar-refractivity contribution in [2.75, 3.05) is 0 Å². The normalized spacial score (nSPS) is 12.9. The maximum atomic E-state index is 11.8. The molecule has 0 bridgehead atoms. The first-order valence-electron chi connectivity index (χ1n) is 5.78. The Morgan fingerprint density at radius 2 is 2.00 bits per heavy atom. The Morgan fingerprint density at radius 3 is 2.44 bits per heavy atom. The van der Waals surface area contributed by atoms with Gasteiger partial charge in [-0.3, -0.25) is 4.79 Å². The van der Waals surface area contributed by atoms with E-state index in [1.807, 2.05) is 0 Å². The van der Waals surface area contributed by atoms with Crippen LogP contribution in [0.25, 0.3) is 0 Å². The van der Waals surface area contributed by atoms with E-state index in [1.54, 1.807) is 40.7 Å². The fourth-order valence-electron chi connectivity index (χ4n) is 1.29. The summed E-state index contributed by atoms with van der Waals surface area (Å²) in [7, 11) is 0. The van der Waals surface area contributed by atoms with Gasteiger partial charge in [-0.2, -0.15) is 0 Å². The smallest absolute Gasteiger partial charge is 0.328 e. The first kappa shape index (κ1) is 14.3. The van der Waals surface area contributed by atoms with Crippen LogP contribution in [-0.4, -0.2) is 23.5 Å². The van der Waals surface area contributed by atoms with Crippen LogP contribution >= 0.6 is 0 Å². The van der Waals surface area contributed by atoms with Crippen LogP contribution in [0.5, 0.6) is 0 Å². The van der Waals surface area contributed by atoms with Gasteiger partial charge in [0, 0.05) is 0 Å². The van der Waals surface area contributed by atoms with E-state index in [1.165, 1.54) is 6.26 Å². The second-order valence-electron chi connectivity index (χ2n) is 5.17. The SMILES string of the molecule is Cc1cc(C(=O)N[C@@H](C)C(=O)OC(C)(C)C)co1. The molecule has 1 rings (SSSR count). The number of esters is 1. The van der Waals surface area contributed by atoms with Crippen molar-refractivity contribution in [3.05, 3.63) is 23.7 Å². The molecule has 0 radical (unpaired) electrons. The standard InChI is InChI=1S/C13H19NO4/c1-8-6-10(7-17-8)11(15)14-9(2)12(16)18-13(3,4)5/h6-7,9H,1-5H3,(H,14,15)/t9-/m0/s1. The van der Waals surface area contributed by atoms with Gasteiger partial charge < -0.3 is 14.5 Å². The highest BCUT2D eigenvalue weighted by molar-refractivity contribution is 5.96. The minimum absolute atomic E-state index is 0.356. The number of nitrogens with one attached hydrogen (secondary N) is 1. The van der Waals surface area contributed by atoms with Crippen molar-refractivity contribution in [2.24, 2.45) is 0 Å². The summed E-state index contributed by atoms with van der Waals surface area (Å²) < 4.78 is 10.2. The van der Waals surface area contributed by atoms with Crippen molar-refractivity contribution >= 4 is 11.9 Å². The van der Waals surface area contributed by atoms with Crippen molar-refractivity contribution in [3.63, 3.8) is 0 Å². The van der Waals surface area contributed by atoms with Gasteiger partial charge >= 0.3 is 5.97 Å². The highest BCUT2D eigenvalue weighted by Crippen LogP contribution is 2.09. The molecule has 0 fully saturated rings. The first-order chi connectivity index (χ1) is 8.19. The fraction of sp³-hybridized carbons (Fsp3) is 0.538. The number of ether oxygens (including phenoxy) is 1. The summed E-state index contributed by atoms with van der Waals surface area (Å²) in [5.41, 5.74) is -0.176. The molecule has 0 aliphatic rings. The monoisotopic (exact) mass is 253 g/mol. The molecule has 0 saturated heterocycles. The van der Waals surface area contributed by atoms with Crippen LogP contribution in [0, 0.1) is 6.92 Å². The van der Waals surface area contributed by atoms with E-state index in [0.717, 1.165) is 0 Å². The van der Waals surface area contributed by atoms with Gasteiger partial charge in [-0.25, -0.2) is 4.79 Å². The van der Waals surface area contributed by atoms with E-state index in [0.29, 0.717) is 11.3 Å². The number of amides is 1. The van der Waals surface area contributed by atoms with Crippen LogP contribution in [0.2, 0.25) is 0 Å². The predicted octanol–water partition coefficient (Wildman–Crippen LogP) is 2.05. The van der Waals surface area contributed by atoms with Gasteiger partial charge in [0.05, 0.1) is 5.56 Å². The minimum atomic E-state index is -0.702. The molecule has 0 saturated carbocycles. The van der Waals surface area contributed by atoms with E-state index in [-0.39, 0.29) is 5.91 Å². The van der Waals surface area contributed by atoms with Crippen LogP contribution < -0.4 is 5.32 Å². The summed E-state index contributed by atoms with van der Waals surface area (Å²) in [5, 5.41) is 2.56. The lowest BCUT2D eigenvalue weighted by molar-refractivity contribution is -0.156. The topological polar surface area (TPSA) is 68.5 Å². The van der Waals surface area contributed by atoms with Gasteiger partial charge in [-0.05, 0) is 40.7 Å². The Hall–Kier alpha value is -1.78. The second-order valence-corrected chi connectivity index (χ2v) is 5.17.